The highest BCUT2D eigenvalue weighted by Crippen LogP contribution is 2.34. The average molecular weight is 429 g/mol. The first-order valence-corrected chi connectivity index (χ1v) is 9.94. The highest BCUT2D eigenvalue weighted by molar-refractivity contribution is 6.46. The Balaban J connectivity index is 1.78. The van der Waals surface area contributed by atoms with Crippen molar-refractivity contribution in [3.8, 4) is 0 Å². The summed E-state index contributed by atoms with van der Waals surface area (Å²) in [4.78, 5) is 39.2. The zero-order valence-electron chi connectivity index (χ0n) is 17.5. The Kier molecular flexibility index (Phi) is 5.55. The Morgan fingerprint density at radius 2 is 1.53 bits per heavy atom. The number of nitrogens with zero attached hydrogens (tertiary/aromatic N) is 1. The number of carbonyl (C=O) groups excluding carboxylic acids is 3. The number of carbonyl (C=O) groups is 3. The summed E-state index contributed by atoms with van der Waals surface area (Å²) in [5.74, 6) is -1.61. The van der Waals surface area contributed by atoms with Crippen molar-refractivity contribution in [2.45, 2.75) is 13.8 Å². The molecular formula is C25H20FN3O3. The Labute approximate surface area is 184 Å². The third-order valence-electron chi connectivity index (χ3n) is 4.95. The molecule has 32 heavy (non-hydrogen) atoms. The third-order valence-corrected chi connectivity index (χ3v) is 4.95. The lowest BCUT2D eigenvalue weighted by atomic mass is 10.0. The van der Waals surface area contributed by atoms with Gasteiger partial charge in [-0.05, 0) is 66.6 Å². The van der Waals surface area contributed by atoms with Gasteiger partial charge in [-0.3, -0.25) is 14.4 Å². The van der Waals surface area contributed by atoms with Crippen molar-refractivity contribution in [1.29, 1.82) is 0 Å². The van der Waals surface area contributed by atoms with Gasteiger partial charge in [0, 0.05) is 18.3 Å². The van der Waals surface area contributed by atoms with Gasteiger partial charge in [0.05, 0.1) is 11.3 Å². The number of hydrogen-bond donors (Lipinski definition) is 2. The molecule has 0 saturated carbocycles. The van der Waals surface area contributed by atoms with Crippen molar-refractivity contribution in [2.24, 2.45) is 0 Å². The van der Waals surface area contributed by atoms with Gasteiger partial charge in [0.2, 0.25) is 5.91 Å². The van der Waals surface area contributed by atoms with Crippen LogP contribution in [0.3, 0.4) is 0 Å². The van der Waals surface area contributed by atoms with Crippen LogP contribution in [0.5, 0.6) is 0 Å². The highest BCUT2D eigenvalue weighted by atomic mass is 19.1. The van der Waals surface area contributed by atoms with Crippen LogP contribution in [0.15, 0.2) is 78.5 Å². The van der Waals surface area contributed by atoms with E-state index < -0.39 is 17.6 Å². The molecule has 0 bridgehead atoms. The molecule has 6 nitrogen and oxygen atoms in total. The zero-order chi connectivity index (χ0) is 22.8. The molecule has 0 spiro atoms. The lowest BCUT2D eigenvalue weighted by Crippen LogP contribution is -2.32. The van der Waals surface area contributed by atoms with Crippen molar-refractivity contribution in [2.75, 3.05) is 15.5 Å². The summed E-state index contributed by atoms with van der Waals surface area (Å²) in [6.45, 7) is 3.28. The first kappa shape index (κ1) is 21.0. The Morgan fingerprint density at radius 1 is 0.875 bits per heavy atom. The molecule has 0 saturated heterocycles. The number of amides is 3. The van der Waals surface area contributed by atoms with Crippen LogP contribution in [0.1, 0.15) is 18.1 Å². The molecule has 0 aromatic heterocycles. The van der Waals surface area contributed by atoms with Crippen LogP contribution in [0.25, 0.3) is 5.57 Å². The molecule has 0 unspecified atom stereocenters. The van der Waals surface area contributed by atoms with Crippen LogP contribution in [0.2, 0.25) is 0 Å². The summed E-state index contributed by atoms with van der Waals surface area (Å²) in [6, 6.07) is 19.3. The van der Waals surface area contributed by atoms with E-state index in [-0.39, 0.29) is 17.2 Å². The van der Waals surface area contributed by atoms with Gasteiger partial charge in [0.25, 0.3) is 11.8 Å². The maximum absolute atomic E-state index is 13.4. The number of benzene rings is 3. The molecule has 0 radical (unpaired) electrons. The molecule has 1 aliphatic rings. The Bertz CT molecular complexity index is 1250. The number of anilines is 3. The monoisotopic (exact) mass is 429 g/mol. The predicted molar refractivity (Wildman–Crippen MR) is 121 cm³/mol. The van der Waals surface area contributed by atoms with E-state index in [1.54, 1.807) is 42.5 Å². The van der Waals surface area contributed by atoms with Crippen molar-refractivity contribution in [1.82, 2.24) is 0 Å². The molecular weight excluding hydrogens is 409 g/mol. The summed E-state index contributed by atoms with van der Waals surface area (Å²) < 4.78 is 13.3. The van der Waals surface area contributed by atoms with Gasteiger partial charge >= 0.3 is 0 Å². The quantitative estimate of drug-likeness (QED) is 0.586. The molecule has 3 aromatic carbocycles. The summed E-state index contributed by atoms with van der Waals surface area (Å²) >= 11 is 0. The van der Waals surface area contributed by atoms with E-state index in [2.05, 4.69) is 10.6 Å². The second-order valence-electron chi connectivity index (χ2n) is 7.43. The second kappa shape index (κ2) is 8.47. The molecule has 1 aliphatic heterocycles. The standard InChI is InChI=1S/C25H20FN3O3/c1-15-4-3-5-21(14-15)29-24(31)22(17-6-10-19(11-7-17)27-16(2)30)23(25(29)32)28-20-12-8-18(26)9-13-20/h3-14,28H,1-2H3,(H,27,30). The molecule has 0 atom stereocenters. The van der Waals surface area contributed by atoms with Crippen LogP contribution in [-0.4, -0.2) is 17.7 Å². The Hall–Kier alpha value is -4.26. The molecule has 0 aliphatic carbocycles. The molecule has 1 heterocycles. The van der Waals surface area contributed by atoms with E-state index in [0.717, 1.165) is 10.5 Å². The van der Waals surface area contributed by atoms with Gasteiger partial charge < -0.3 is 10.6 Å². The molecule has 2 N–H and O–H groups in total. The van der Waals surface area contributed by atoms with Crippen LogP contribution in [-0.2, 0) is 14.4 Å². The van der Waals surface area contributed by atoms with E-state index >= 15 is 0 Å². The van der Waals surface area contributed by atoms with E-state index in [0.29, 0.717) is 22.6 Å². The second-order valence-corrected chi connectivity index (χ2v) is 7.43. The molecule has 7 heteroatoms. The number of nitrogens with one attached hydrogen (secondary N) is 2. The normalized spacial score (nSPS) is 13.5. The average Bonchev–Trinajstić information content (AvgIpc) is 2.99. The SMILES string of the molecule is CC(=O)Nc1ccc(C2=C(Nc3ccc(F)cc3)C(=O)N(c3cccc(C)c3)C2=O)cc1. The fourth-order valence-corrected chi connectivity index (χ4v) is 3.52. The minimum atomic E-state index is -0.508. The van der Waals surface area contributed by atoms with E-state index in [1.807, 2.05) is 13.0 Å². The van der Waals surface area contributed by atoms with Gasteiger partial charge in [-0.1, -0.05) is 24.3 Å². The molecule has 3 aromatic rings. The number of rotatable bonds is 5. The van der Waals surface area contributed by atoms with Crippen molar-refractivity contribution < 1.29 is 18.8 Å². The van der Waals surface area contributed by atoms with Gasteiger partial charge in [-0.25, -0.2) is 9.29 Å². The van der Waals surface area contributed by atoms with E-state index in [1.165, 1.54) is 31.2 Å². The molecule has 3 amide bonds. The van der Waals surface area contributed by atoms with Crippen molar-refractivity contribution in [3.05, 3.63) is 95.4 Å². The van der Waals surface area contributed by atoms with Crippen LogP contribution in [0, 0.1) is 12.7 Å². The topological polar surface area (TPSA) is 78.5 Å². The maximum atomic E-state index is 13.4. The predicted octanol–water partition coefficient (Wildman–Crippen LogP) is 4.49. The van der Waals surface area contributed by atoms with E-state index in [4.69, 9.17) is 0 Å². The largest absolute Gasteiger partial charge is 0.350 e. The first-order valence-electron chi connectivity index (χ1n) is 9.94. The van der Waals surface area contributed by atoms with Crippen LogP contribution < -0.4 is 15.5 Å². The summed E-state index contributed by atoms with van der Waals surface area (Å²) in [6.07, 6.45) is 0. The number of imide groups is 1. The summed E-state index contributed by atoms with van der Waals surface area (Å²) in [5, 5.41) is 5.66. The van der Waals surface area contributed by atoms with Crippen molar-refractivity contribution in [3.63, 3.8) is 0 Å². The summed E-state index contributed by atoms with van der Waals surface area (Å²) in [5.41, 5.74) is 3.21. The summed E-state index contributed by atoms with van der Waals surface area (Å²) in [7, 11) is 0. The Morgan fingerprint density at radius 3 is 2.16 bits per heavy atom. The van der Waals surface area contributed by atoms with Gasteiger partial charge in [0.15, 0.2) is 0 Å². The van der Waals surface area contributed by atoms with Gasteiger partial charge in [-0.15, -0.1) is 0 Å². The minimum Gasteiger partial charge on any atom is -0.350 e. The fourth-order valence-electron chi connectivity index (χ4n) is 3.52. The van der Waals surface area contributed by atoms with Gasteiger partial charge in [-0.2, -0.15) is 0 Å². The smallest absolute Gasteiger partial charge is 0.282 e. The van der Waals surface area contributed by atoms with E-state index in [9.17, 15) is 18.8 Å². The maximum Gasteiger partial charge on any atom is 0.282 e. The fraction of sp³-hybridized carbons (Fsp3) is 0.0800. The number of aryl methyl sites for hydroxylation is 1. The highest BCUT2D eigenvalue weighted by Gasteiger charge is 2.40. The molecule has 160 valence electrons. The van der Waals surface area contributed by atoms with Gasteiger partial charge in [0.1, 0.15) is 11.5 Å². The number of halogens is 1. The molecule has 4 rings (SSSR count). The first-order chi connectivity index (χ1) is 15.3. The number of hydrogen-bond acceptors (Lipinski definition) is 4. The lowest BCUT2D eigenvalue weighted by molar-refractivity contribution is -0.120. The molecule has 0 fully saturated rings. The van der Waals surface area contributed by atoms with Crippen LogP contribution >= 0.6 is 0 Å². The lowest BCUT2D eigenvalue weighted by Gasteiger charge is -2.16. The minimum absolute atomic E-state index is 0.0930. The third kappa shape index (κ3) is 4.13. The van der Waals surface area contributed by atoms with Crippen LogP contribution in [0.4, 0.5) is 21.5 Å². The zero-order valence-corrected chi connectivity index (χ0v) is 17.5. The van der Waals surface area contributed by atoms with Crippen molar-refractivity contribution >= 4 is 40.4 Å².